The second kappa shape index (κ2) is 5.56. The third-order valence-corrected chi connectivity index (χ3v) is 2.81. The number of halogens is 1. The smallest absolute Gasteiger partial charge is 0.371 e. The van der Waals surface area contributed by atoms with E-state index in [1.807, 2.05) is 0 Å². The molecule has 0 aliphatic carbocycles. The highest BCUT2D eigenvalue weighted by atomic mass is 19.1. The zero-order valence-corrected chi connectivity index (χ0v) is 10.2. The number of furan rings is 1. The first kappa shape index (κ1) is 13.8. The molecular formula is C14H11FO5. The van der Waals surface area contributed by atoms with Crippen LogP contribution in [-0.4, -0.2) is 22.2 Å². The summed E-state index contributed by atoms with van der Waals surface area (Å²) >= 11 is 0. The maximum atomic E-state index is 13.1. The van der Waals surface area contributed by atoms with E-state index in [-0.39, 0.29) is 17.9 Å². The molecule has 0 aliphatic rings. The summed E-state index contributed by atoms with van der Waals surface area (Å²) in [5.41, 5.74) is 0.491. The average Bonchev–Trinajstić information content (AvgIpc) is 2.85. The highest BCUT2D eigenvalue weighted by molar-refractivity contribution is 5.84. The second-order valence-corrected chi connectivity index (χ2v) is 4.23. The van der Waals surface area contributed by atoms with Crippen molar-refractivity contribution in [2.75, 3.05) is 0 Å². The van der Waals surface area contributed by atoms with Crippen LogP contribution in [0.15, 0.2) is 40.8 Å². The molecule has 1 atom stereocenters. The average molecular weight is 278 g/mol. The van der Waals surface area contributed by atoms with Gasteiger partial charge >= 0.3 is 11.9 Å². The summed E-state index contributed by atoms with van der Waals surface area (Å²) in [5.74, 6) is -4.27. The molecule has 0 radical (unpaired) electrons. The fraction of sp³-hybridized carbons (Fsp3) is 0.143. The van der Waals surface area contributed by atoms with Gasteiger partial charge in [-0.2, -0.15) is 0 Å². The van der Waals surface area contributed by atoms with Gasteiger partial charge in [-0.3, -0.25) is 4.79 Å². The predicted molar refractivity (Wildman–Crippen MR) is 66.1 cm³/mol. The molecule has 1 heterocycles. The Balaban J connectivity index is 2.27. The molecule has 2 N–H and O–H groups in total. The van der Waals surface area contributed by atoms with E-state index in [9.17, 15) is 19.1 Å². The Bertz CT molecular complexity index is 647. The van der Waals surface area contributed by atoms with Crippen LogP contribution in [-0.2, 0) is 11.2 Å². The maximum Gasteiger partial charge on any atom is 0.371 e. The largest absolute Gasteiger partial charge is 0.481 e. The highest BCUT2D eigenvalue weighted by Crippen LogP contribution is 2.24. The summed E-state index contributed by atoms with van der Waals surface area (Å²) in [5, 5.41) is 18.0. The minimum absolute atomic E-state index is 0.0136. The van der Waals surface area contributed by atoms with Crippen molar-refractivity contribution in [2.24, 2.45) is 0 Å². The molecule has 20 heavy (non-hydrogen) atoms. The van der Waals surface area contributed by atoms with Gasteiger partial charge in [0.15, 0.2) is 0 Å². The summed E-state index contributed by atoms with van der Waals surface area (Å²) in [4.78, 5) is 22.0. The van der Waals surface area contributed by atoms with Gasteiger partial charge in [-0.15, -0.1) is 0 Å². The van der Waals surface area contributed by atoms with E-state index in [1.54, 1.807) is 6.07 Å². The van der Waals surface area contributed by atoms with Crippen LogP contribution in [0.2, 0.25) is 0 Å². The number of carboxylic acids is 2. The normalized spacial score (nSPS) is 12.1. The molecule has 1 aromatic heterocycles. The lowest BCUT2D eigenvalue weighted by Crippen LogP contribution is -2.14. The van der Waals surface area contributed by atoms with Crippen LogP contribution >= 0.6 is 0 Å². The van der Waals surface area contributed by atoms with Crippen molar-refractivity contribution in [2.45, 2.75) is 12.3 Å². The molecule has 0 saturated heterocycles. The van der Waals surface area contributed by atoms with Gasteiger partial charge in [0.25, 0.3) is 0 Å². The molecule has 0 aliphatic heterocycles. The van der Waals surface area contributed by atoms with Gasteiger partial charge in [0.2, 0.25) is 5.76 Å². The van der Waals surface area contributed by atoms with Crippen molar-refractivity contribution in [3.8, 4) is 0 Å². The summed E-state index contributed by atoms with van der Waals surface area (Å²) < 4.78 is 18.1. The van der Waals surface area contributed by atoms with Crippen molar-refractivity contribution in [1.82, 2.24) is 0 Å². The molecule has 1 aromatic carbocycles. The number of hydrogen-bond acceptors (Lipinski definition) is 3. The maximum absolute atomic E-state index is 13.1. The lowest BCUT2D eigenvalue weighted by molar-refractivity contribution is -0.139. The molecule has 0 amide bonds. The van der Waals surface area contributed by atoms with Crippen molar-refractivity contribution in [3.05, 3.63) is 59.3 Å². The van der Waals surface area contributed by atoms with E-state index in [0.717, 1.165) is 0 Å². The number of hydrogen-bond donors (Lipinski definition) is 2. The van der Waals surface area contributed by atoms with Gasteiger partial charge in [0.05, 0.1) is 0 Å². The molecule has 2 aromatic rings. The number of carbonyl (C=O) groups is 2. The molecule has 0 saturated carbocycles. The minimum Gasteiger partial charge on any atom is -0.481 e. The number of benzene rings is 1. The Morgan fingerprint density at radius 3 is 2.50 bits per heavy atom. The fourth-order valence-corrected chi connectivity index (χ4v) is 1.86. The van der Waals surface area contributed by atoms with E-state index < -0.39 is 23.7 Å². The Kier molecular flexibility index (Phi) is 3.84. The van der Waals surface area contributed by atoms with Crippen LogP contribution in [0.25, 0.3) is 0 Å². The molecule has 2 rings (SSSR count). The molecular weight excluding hydrogens is 267 g/mol. The Hall–Kier alpha value is -2.63. The minimum atomic E-state index is -1.27. The van der Waals surface area contributed by atoms with E-state index >= 15 is 0 Å². The fourth-order valence-electron chi connectivity index (χ4n) is 1.86. The van der Waals surface area contributed by atoms with Crippen LogP contribution in [0.5, 0.6) is 0 Å². The molecule has 0 fully saturated rings. The third kappa shape index (κ3) is 3.03. The number of aromatic carboxylic acids is 1. The summed E-state index contributed by atoms with van der Waals surface area (Å²) in [6, 6.07) is 8.07. The first-order valence-electron chi connectivity index (χ1n) is 5.77. The Labute approximate surface area is 113 Å². The first-order valence-corrected chi connectivity index (χ1v) is 5.77. The zero-order valence-electron chi connectivity index (χ0n) is 10.2. The van der Waals surface area contributed by atoms with E-state index in [2.05, 4.69) is 0 Å². The van der Waals surface area contributed by atoms with Crippen LogP contribution in [0.4, 0.5) is 4.39 Å². The van der Waals surface area contributed by atoms with Gasteiger partial charge in [0.1, 0.15) is 17.5 Å². The van der Waals surface area contributed by atoms with Gasteiger partial charge in [-0.25, -0.2) is 9.18 Å². The van der Waals surface area contributed by atoms with Crippen molar-refractivity contribution in [3.63, 3.8) is 0 Å². The van der Waals surface area contributed by atoms with Crippen LogP contribution in [0, 0.1) is 5.82 Å². The monoisotopic (exact) mass is 278 g/mol. The number of aliphatic carboxylic acids is 1. The van der Waals surface area contributed by atoms with Crippen LogP contribution in [0.3, 0.4) is 0 Å². The summed E-state index contributed by atoms with van der Waals surface area (Å²) in [7, 11) is 0. The van der Waals surface area contributed by atoms with E-state index in [0.29, 0.717) is 5.56 Å². The number of carboxylic acid groups (broad SMARTS) is 2. The lowest BCUT2D eigenvalue weighted by atomic mass is 9.97. The molecule has 104 valence electrons. The van der Waals surface area contributed by atoms with Crippen molar-refractivity contribution < 1.29 is 28.6 Å². The van der Waals surface area contributed by atoms with E-state index in [4.69, 9.17) is 9.52 Å². The molecule has 0 bridgehead atoms. The molecule has 1 unspecified atom stereocenters. The van der Waals surface area contributed by atoms with E-state index in [1.165, 1.54) is 30.3 Å². The highest BCUT2D eigenvalue weighted by Gasteiger charge is 2.25. The Morgan fingerprint density at radius 1 is 1.20 bits per heavy atom. The van der Waals surface area contributed by atoms with Gasteiger partial charge in [-0.05, 0) is 36.2 Å². The second-order valence-electron chi connectivity index (χ2n) is 4.23. The van der Waals surface area contributed by atoms with Crippen molar-refractivity contribution >= 4 is 11.9 Å². The van der Waals surface area contributed by atoms with Gasteiger partial charge in [0, 0.05) is 0 Å². The molecule has 6 heteroatoms. The Morgan fingerprint density at radius 2 is 1.95 bits per heavy atom. The zero-order chi connectivity index (χ0) is 14.7. The number of rotatable bonds is 5. The third-order valence-electron chi connectivity index (χ3n) is 2.81. The molecule has 0 spiro atoms. The van der Waals surface area contributed by atoms with Crippen LogP contribution in [0.1, 0.15) is 27.8 Å². The summed E-state index contributed by atoms with van der Waals surface area (Å²) in [6.45, 7) is 0. The molecule has 5 nitrogen and oxygen atoms in total. The van der Waals surface area contributed by atoms with Gasteiger partial charge in [-0.1, -0.05) is 12.1 Å². The summed E-state index contributed by atoms with van der Waals surface area (Å²) in [6.07, 6.45) is 0.0136. The first-order chi connectivity index (χ1) is 9.47. The van der Waals surface area contributed by atoms with Crippen LogP contribution < -0.4 is 0 Å². The predicted octanol–water partition coefficient (Wildman–Crippen LogP) is 2.53. The van der Waals surface area contributed by atoms with Gasteiger partial charge < -0.3 is 14.6 Å². The lowest BCUT2D eigenvalue weighted by Gasteiger charge is -2.09. The SMILES string of the molecule is O=C(O)c1ccc(C(Cc2cccc(F)c2)C(=O)O)o1. The quantitative estimate of drug-likeness (QED) is 0.877. The standard InChI is InChI=1S/C14H11FO5/c15-9-3-1-2-8(6-9)7-10(13(16)17)11-4-5-12(20-11)14(18)19/h1-6,10H,7H2,(H,16,17)(H,18,19). The van der Waals surface area contributed by atoms with Crippen molar-refractivity contribution in [1.29, 1.82) is 0 Å². The topological polar surface area (TPSA) is 87.7 Å².